The lowest BCUT2D eigenvalue weighted by Gasteiger charge is -2.15. The van der Waals surface area contributed by atoms with E-state index in [9.17, 15) is 0 Å². The summed E-state index contributed by atoms with van der Waals surface area (Å²) in [4.78, 5) is 4.20. The number of nitrogens with zero attached hydrogens (tertiary/aromatic N) is 1. The monoisotopic (exact) mass is 275 g/mol. The van der Waals surface area contributed by atoms with Crippen LogP contribution in [0.5, 0.6) is 0 Å². The topological polar surface area (TPSA) is 50.9 Å². The summed E-state index contributed by atoms with van der Waals surface area (Å²) in [5.74, 6) is 0.691. The quantitative estimate of drug-likeness (QED) is 0.874. The summed E-state index contributed by atoms with van der Waals surface area (Å²) in [5.41, 5.74) is 7.53. The maximum Gasteiger partial charge on any atom is 0.145 e. The summed E-state index contributed by atoms with van der Waals surface area (Å²) >= 11 is 6.09. The van der Waals surface area contributed by atoms with E-state index in [-0.39, 0.29) is 0 Å². The molecular weight excluding hydrogens is 258 g/mol. The number of nitrogens with one attached hydrogen (secondary N) is 1. The van der Waals surface area contributed by atoms with Crippen molar-refractivity contribution in [1.82, 2.24) is 4.98 Å². The van der Waals surface area contributed by atoms with Crippen molar-refractivity contribution in [2.24, 2.45) is 0 Å². The summed E-state index contributed by atoms with van der Waals surface area (Å²) in [6, 6.07) is 12.4. The van der Waals surface area contributed by atoms with Gasteiger partial charge < -0.3 is 11.1 Å². The minimum absolute atomic E-state index is 0.300. The van der Waals surface area contributed by atoms with Crippen LogP contribution in [0.2, 0.25) is 5.02 Å². The zero-order chi connectivity index (χ0) is 13.7. The van der Waals surface area contributed by atoms with Crippen LogP contribution in [0, 0.1) is 0 Å². The number of hydrogen-bond donors (Lipinski definition) is 2. The van der Waals surface area contributed by atoms with Gasteiger partial charge in [0.1, 0.15) is 5.82 Å². The highest BCUT2D eigenvalue weighted by atomic mass is 35.5. The molecule has 100 valence electrons. The lowest BCUT2D eigenvalue weighted by atomic mass is 10.1. The van der Waals surface area contributed by atoms with Gasteiger partial charge in [-0.1, -0.05) is 41.9 Å². The number of anilines is 2. The number of aryl methyl sites for hydroxylation is 1. The van der Waals surface area contributed by atoms with Gasteiger partial charge in [-0.3, -0.25) is 0 Å². The summed E-state index contributed by atoms with van der Waals surface area (Å²) in [7, 11) is 0. The number of hydrogen-bond acceptors (Lipinski definition) is 3. The van der Waals surface area contributed by atoms with Gasteiger partial charge in [-0.05, 0) is 31.4 Å². The van der Waals surface area contributed by atoms with E-state index in [0.717, 1.165) is 12.8 Å². The Bertz CT molecular complexity index is 528. The van der Waals surface area contributed by atoms with Gasteiger partial charge in [-0.25, -0.2) is 4.98 Å². The molecule has 1 aromatic carbocycles. The Balaban J connectivity index is 1.89. The van der Waals surface area contributed by atoms with Gasteiger partial charge in [-0.2, -0.15) is 0 Å². The van der Waals surface area contributed by atoms with Crippen molar-refractivity contribution in [2.45, 2.75) is 25.8 Å². The Labute approximate surface area is 118 Å². The normalized spacial score (nSPS) is 12.1. The van der Waals surface area contributed by atoms with E-state index in [0.29, 0.717) is 22.6 Å². The molecule has 1 heterocycles. The highest BCUT2D eigenvalue weighted by Crippen LogP contribution is 2.22. The average Bonchev–Trinajstić information content (AvgIpc) is 2.41. The summed E-state index contributed by atoms with van der Waals surface area (Å²) in [6.07, 6.45) is 3.66. The third-order valence-electron chi connectivity index (χ3n) is 2.95. The maximum absolute atomic E-state index is 6.09. The first-order valence-electron chi connectivity index (χ1n) is 6.36. The molecule has 2 rings (SSSR count). The van der Waals surface area contributed by atoms with E-state index in [1.807, 2.05) is 6.07 Å². The number of halogens is 1. The molecule has 3 N–H and O–H groups in total. The number of benzene rings is 1. The van der Waals surface area contributed by atoms with E-state index in [1.165, 1.54) is 5.56 Å². The van der Waals surface area contributed by atoms with Crippen molar-refractivity contribution in [2.75, 3.05) is 11.1 Å². The molecule has 1 atom stereocenters. The van der Waals surface area contributed by atoms with Crippen molar-refractivity contribution in [3.63, 3.8) is 0 Å². The van der Waals surface area contributed by atoms with Crippen LogP contribution in [0.3, 0.4) is 0 Å². The van der Waals surface area contributed by atoms with E-state index >= 15 is 0 Å². The highest BCUT2D eigenvalue weighted by Gasteiger charge is 2.07. The average molecular weight is 276 g/mol. The van der Waals surface area contributed by atoms with Crippen LogP contribution in [-0.4, -0.2) is 11.0 Å². The fourth-order valence-electron chi connectivity index (χ4n) is 1.89. The lowest BCUT2D eigenvalue weighted by Crippen LogP contribution is -2.17. The maximum atomic E-state index is 6.09. The van der Waals surface area contributed by atoms with Crippen molar-refractivity contribution in [3.8, 4) is 0 Å². The van der Waals surface area contributed by atoms with Crippen molar-refractivity contribution in [3.05, 3.63) is 53.2 Å². The van der Waals surface area contributed by atoms with Gasteiger partial charge in [0.25, 0.3) is 0 Å². The van der Waals surface area contributed by atoms with Crippen LogP contribution >= 0.6 is 11.6 Å². The molecule has 3 nitrogen and oxygen atoms in total. The minimum atomic E-state index is 0.300. The van der Waals surface area contributed by atoms with Crippen molar-refractivity contribution in [1.29, 1.82) is 0 Å². The van der Waals surface area contributed by atoms with E-state index < -0.39 is 0 Å². The number of rotatable bonds is 5. The number of nitrogen functional groups attached to an aromatic ring is 1. The van der Waals surface area contributed by atoms with Gasteiger partial charge in [0.05, 0.1) is 16.9 Å². The molecule has 0 aliphatic carbocycles. The summed E-state index contributed by atoms with van der Waals surface area (Å²) in [5, 5.41) is 3.87. The van der Waals surface area contributed by atoms with Gasteiger partial charge in [-0.15, -0.1) is 0 Å². The predicted molar refractivity (Wildman–Crippen MR) is 81.5 cm³/mol. The zero-order valence-corrected chi connectivity index (χ0v) is 11.7. The van der Waals surface area contributed by atoms with Gasteiger partial charge in [0, 0.05) is 6.04 Å². The molecule has 0 amide bonds. The molecule has 2 aromatic rings. The van der Waals surface area contributed by atoms with E-state index in [1.54, 1.807) is 12.3 Å². The molecule has 0 saturated heterocycles. The fourth-order valence-corrected chi connectivity index (χ4v) is 2.12. The van der Waals surface area contributed by atoms with Crippen LogP contribution in [-0.2, 0) is 6.42 Å². The molecule has 1 unspecified atom stereocenters. The molecule has 0 bridgehead atoms. The fraction of sp³-hybridized carbons (Fsp3) is 0.267. The Morgan fingerprint density at radius 2 is 2.05 bits per heavy atom. The molecule has 4 heteroatoms. The molecule has 0 radical (unpaired) electrons. The number of nitrogens with two attached hydrogens (primary N) is 1. The van der Waals surface area contributed by atoms with Crippen LogP contribution < -0.4 is 11.1 Å². The summed E-state index contributed by atoms with van der Waals surface area (Å²) < 4.78 is 0. The van der Waals surface area contributed by atoms with Crippen LogP contribution in [0.1, 0.15) is 18.9 Å². The molecule has 0 spiro atoms. The van der Waals surface area contributed by atoms with Crippen LogP contribution in [0.15, 0.2) is 42.6 Å². The number of pyridine rings is 1. The molecule has 0 fully saturated rings. The molecule has 1 aromatic heterocycles. The SMILES string of the molecule is CC(CCc1ccccc1)Nc1ncc(N)cc1Cl. The molecule has 0 aliphatic rings. The minimum Gasteiger partial charge on any atom is -0.397 e. The second-order valence-corrected chi connectivity index (χ2v) is 5.08. The second kappa shape index (κ2) is 6.43. The first-order chi connectivity index (χ1) is 9.15. The second-order valence-electron chi connectivity index (χ2n) is 4.67. The zero-order valence-electron chi connectivity index (χ0n) is 10.9. The first-order valence-corrected chi connectivity index (χ1v) is 6.74. The largest absolute Gasteiger partial charge is 0.397 e. The van der Waals surface area contributed by atoms with E-state index in [2.05, 4.69) is 41.5 Å². The molecule has 0 saturated carbocycles. The van der Waals surface area contributed by atoms with Crippen LogP contribution in [0.4, 0.5) is 11.5 Å². The third-order valence-corrected chi connectivity index (χ3v) is 3.24. The first kappa shape index (κ1) is 13.7. The van der Waals surface area contributed by atoms with Gasteiger partial charge >= 0.3 is 0 Å². The standard InChI is InChI=1S/C15H18ClN3/c1-11(7-8-12-5-3-2-4-6-12)19-15-14(16)9-13(17)10-18-15/h2-6,9-11H,7-8,17H2,1H3,(H,18,19). The lowest BCUT2D eigenvalue weighted by molar-refractivity contribution is 0.703. The highest BCUT2D eigenvalue weighted by molar-refractivity contribution is 6.33. The third kappa shape index (κ3) is 4.14. The summed E-state index contributed by atoms with van der Waals surface area (Å²) in [6.45, 7) is 2.12. The van der Waals surface area contributed by atoms with Gasteiger partial charge in [0.15, 0.2) is 0 Å². The Hall–Kier alpha value is -1.74. The molecule has 0 aliphatic heterocycles. The Morgan fingerprint density at radius 3 is 2.74 bits per heavy atom. The number of aromatic nitrogens is 1. The molecule has 19 heavy (non-hydrogen) atoms. The van der Waals surface area contributed by atoms with Gasteiger partial charge in [0.2, 0.25) is 0 Å². The van der Waals surface area contributed by atoms with Crippen molar-refractivity contribution < 1.29 is 0 Å². The Kier molecular flexibility index (Phi) is 4.63. The molecular formula is C15H18ClN3. The Morgan fingerprint density at radius 1 is 1.32 bits per heavy atom. The van der Waals surface area contributed by atoms with E-state index in [4.69, 9.17) is 17.3 Å². The predicted octanol–water partition coefficient (Wildman–Crippen LogP) is 3.75. The smallest absolute Gasteiger partial charge is 0.145 e. The van der Waals surface area contributed by atoms with Crippen LogP contribution in [0.25, 0.3) is 0 Å². The van der Waals surface area contributed by atoms with Crippen molar-refractivity contribution >= 4 is 23.1 Å².